The fraction of sp³-hybridized carbons (Fsp3) is 0.379. The zero-order valence-corrected chi connectivity index (χ0v) is 18.0. The molecule has 0 spiro atoms. The monoisotopic (exact) mass is 405 g/mol. The van der Waals surface area contributed by atoms with Gasteiger partial charge in [-0.05, 0) is 97.6 Å². The van der Waals surface area contributed by atoms with Crippen LogP contribution in [0, 0.1) is 17.8 Å². The van der Waals surface area contributed by atoms with Crippen LogP contribution in [-0.4, -0.2) is 4.57 Å². The second-order valence-electron chi connectivity index (χ2n) is 11.0. The number of aromatic nitrogens is 1. The van der Waals surface area contributed by atoms with Crippen molar-refractivity contribution in [2.24, 2.45) is 24.8 Å². The Morgan fingerprint density at radius 2 is 1.42 bits per heavy atom. The van der Waals surface area contributed by atoms with Gasteiger partial charge in [0.25, 0.3) is 0 Å². The van der Waals surface area contributed by atoms with Crippen molar-refractivity contribution in [3.63, 3.8) is 0 Å². The maximum Gasteiger partial charge on any atom is 0.136 e. The standard InChI is InChI=1S/C29H27NO/c1-30-25-5-3-2-4-21(25)22-13-28-24(12-26(22)30)23-11-20(6-7-27(23)31-28)29-14-17-8-18(15-29)10-19(9-17)16-29/h2-7,11-13,17-19H,8-10,14-16H2,1H3. The summed E-state index contributed by atoms with van der Waals surface area (Å²) < 4.78 is 8.71. The number of rotatable bonds is 1. The minimum Gasteiger partial charge on any atom is -0.456 e. The molecule has 2 aromatic heterocycles. The summed E-state index contributed by atoms with van der Waals surface area (Å²) in [5.74, 6) is 2.91. The van der Waals surface area contributed by atoms with Gasteiger partial charge in [-0.1, -0.05) is 24.3 Å². The molecule has 4 aliphatic rings. The highest BCUT2D eigenvalue weighted by Gasteiger charge is 2.51. The molecular formula is C29H27NO. The first-order chi connectivity index (χ1) is 15.2. The number of furan rings is 1. The smallest absolute Gasteiger partial charge is 0.136 e. The second-order valence-corrected chi connectivity index (χ2v) is 11.0. The van der Waals surface area contributed by atoms with Crippen LogP contribution < -0.4 is 0 Å². The number of aryl methyl sites for hydroxylation is 1. The molecule has 0 aliphatic heterocycles. The Morgan fingerprint density at radius 1 is 0.710 bits per heavy atom. The van der Waals surface area contributed by atoms with E-state index in [1.54, 1.807) is 5.56 Å². The summed E-state index contributed by atoms with van der Waals surface area (Å²) in [7, 11) is 2.18. The topological polar surface area (TPSA) is 18.1 Å². The van der Waals surface area contributed by atoms with Gasteiger partial charge in [-0.15, -0.1) is 0 Å². The highest BCUT2D eigenvalue weighted by molar-refractivity contribution is 6.16. The first-order valence-corrected chi connectivity index (χ1v) is 12.0. The zero-order valence-electron chi connectivity index (χ0n) is 18.0. The van der Waals surface area contributed by atoms with Gasteiger partial charge in [-0.3, -0.25) is 0 Å². The Morgan fingerprint density at radius 3 is 2.19 bits per heavy atom. The lowest BCUT2D eigenvalue weighted by Gasteiger charge is -2.57. The Hall–Kier alpha value is -2.74. The minimum atomic E-state index is 0.427. The van der Waals surface area contributed by atoms with E-state index in [4.69, 9.17) is 4.42 Å². The number of para-hydroxylation sites is 1. The molecule has 5 aromatic rings. The Labute approximate surface area is 181 Å². The van der Waals surface area contributed by atoms with E-state index < -0.39 is 0 Å². The summed E-state index contributed by atoms with van der Waals surface area (Å²) in [5.41, 5.74) is 6.62. The summed E-state index contributed by atoms with van der Waals surface area (Å²) in [6.45, 7) is 0. The fourth-order valence-electron chi connectivity index (χ4n) is 8.22. The lowest BCUT2D eigenvalue weighted by molar-refractivity contribution is -0.00512. The van der Waals surface area contributed by atoms with E-state index in [2.05, 4.69) is 66.2 Å². The van der Waals surface area contributed by atoms with Crippen molar-refractivity contribution >= 4 is 43.7 Å². The van der Waals surface area contributed by atoms with E-state index in [0.717, 1.165) is 28.9 Å². The molecule has 0 N–H and O–H groups in total. The largest absolute Gasteiger partial charge is 0.456 e. The Balaban J connectivity index is 1.37. The molecule has 31 heavy (non-hydrogen) atoms. The molecule has 2 heterocycles. The predicted molar refractivity (Wildman–Crippen MR) is 128 cm³/mol. The Bertz CT molecular complexity index is 1500. The molecule has 0 radical (unpaired) electrons. The normalized spacial score (nSPS) is 29.8. The van der Waals surface area contributed by atoms with Crippen LogP contribution in [0.4, 0.5) is 0 Å². The van der Waals surface area contributed by atoms with Crippen LogP contribution in [0.2, 0.25) is 0 Å². The number of nitrogens with zero attached hydrogens (tertiary/aromatic N) is 1. The molecule has 154 valence electrons. The molecule has 4 fully saturated rings. The van der Waals surface area contributed by atoms with Gasteiger partial charge in [0.1, 0.15) is 11.2 Å². The number of fused-ring (bicyclic) bond motifs is 6. The van der Waals surface area contributed by atoms with Crippen LogP contribution in [0.3, 0.4) is 0 Å². The maximum absolute atomic E-state index is 6.38. The molecule has 0 saturated heterocycles. The summed E-state index contributed by atoms with van der Waals surface area (Å²) >= 11 is 0. The fourth-order valence-corrected chi connectivity index (χ4v) is 8.22. The highest BCUT2D eigenvalue weighted by atomic mass is 16.3. The van der Waals surface area contributed by atoms with E-state index in [1.807, 2.05) is 0 Å². The molecule has 4 saturated carbocycles. The molecule has 0 atom stereocenters. The first kappa shape index (κ1) is 16.9. The van der Waals surface area contributed by atoms with E-state index in [1.165, 1.54) is 71.1 Å². The SMILES string of the molecule is Cn1c2ccccc2c2cc3oc4ccc(C56CC7CC(CC(C7)C5)C6)cc4c3cc21. The van der Waals surface area contributed by atoms with Gasteiger partial charge < -0.3 is 8.98 Å². The minimum absolute atomic E-state index is 0.427. The van der Waals surface area contributed by atoms with Gasteiger partial charge in [-0.25, -0.2) is 0 Å². The second kappa shape index (κ2) is 5.54. The van der Waals surface area contributed by atoms with Crippen molar-refractivity contribution in [3.8, 4) is 0 Å². The molecule has 3 aromatic carbocycles. The summed E-state index contributed by atoms with van der Waals surface area (Å²) in [5, 5.41) is 5.15. The van der Waals surface area contributed by atoms with Crippen LogP contribution in [0.25, 0.3) is 43.7 Å². The molecule has 0 unspecified atom stereocenters. The van der Waals surface area contributed by atoms with Crippen LogP contribution in [0.5, 0.6) is 0 Å². The van der Waals surface area contributed by atoms with Gasteiger partial charge in [0.15, 0.2) is 0 Å². The van der Waals surface area contributed by atoms with Crippen molar-refractivity contribution < 1.29 is 4.42 Å². The molecule has 2 nitrogen and oxygen atoms in total. The van der Waals surface area contributed by atoms with Crippen molar-refractivity contribution in [3.05, 3.63) is 60.2 Å². The Kier molecular flexibility index (Phi) is 3.02. The van der Waals surface area contributed by atoms with Gasteiger partial charge in [0.05, 0.1) is 0 Å². The molecular weight excluding hydrogens is 378 g/mol. The van der Waals surface area contributed by atoms with Gasteiger partial charge in [0.2, 0.25) is 0 Å². The van der Waals surface area contributed by atoms with E-state index in [-0.39, 0.29) is 0 Å². The van der Waals surface area contributed by atoms with Gasteiger partial charge in [-0.2, -0.15) is 0 Å². The summed E-state index contributed by atoms with van der Waals surface area (Å²) in [6.07, 6.45) is 8.72. The first-order valence-electron chi connectivity index (χ1n) is 12.0. The van der Waals surface area contributed by atoms with Crippen molar-refractivity contribution in [1.82, 2.24) is 4.57 Å². The maximum atomic E-state index is 6.38. The summed E-state index contributed by atoms with van der Waals surface area (Å²) in [4.78, 5) is 0. The van der Waals surface area contributed by atoms with Crippen LogP contribution in [-0.2, 0) is 12.5 Å². The molecule has 2 heteroatoms. The molecule has 9 rings (SSSR count). The third-order valence-corrected chi connectivity index (χ3v) is 9.16. The quantitative estimate of drug-likeness (QED) is 0.279. The van der Waals surface area contributed by atoms with Crippen LogP contribution in [0.1, 0.15) is 44.1 Å². The van der Waals surface area contributed by atoms with Gasteiger partial charge >= 0.3 is 0 Å². The third kappa shape index (κ3) is 2.14. The average molecular weight is 406 g/mol. The predicted octanol–water partition coefficient (Wildman–Crippen LogP) is 7.70. The molecule has 4 aliphatic carbocycles. The highest BCUT2D eigenvalue weighted by Crippen LogP contribution is 2.61. The van der Waals surface area contributed by atoms with E-state index >= 15 is 0 Å². The summed E-state index contributed by atoms with van der Waals surface area (Å²) in [6, 6.07) is 20.5. The van der Waals surface area contributed by atoms with Gasteiger partial charge in [0, 0.05) is 39.6 Å². The molecule has 4 bridgehead atoms. The average Bonchev–Trinajstić information content (AvgIpc) is 3.26. The van der Waals surface area contributed by atoms with Crippen molar-refractivity contribution in [2.45, 2.75) is 43.9 Å². The van der Waals surface area contributed by atoms with Crippen molar-refractivity contribution in [2.75, 3.05) is 0 Å². The van der Waals surface area contributed by atoms with E-state index in [0.29, 0.717) is 5.41 Å². The lowest BCUT2D eigenvalue weighted by Crippen LogP contribution is -2.48. The molecule has 0 amide bonds. The zero-order chi connectivity index (χ0) is 20.3. The van der Waals surface area contributed by atoms with Crippen molar-refractivity contribution in [1.29, 1.82) is 0 Å². The number of hydrogen-bond donors (Lipinski definition) is 0. The number of hydrogen-bond acceptors (Lipinski definition) is 1. The number of benzene rings is 3. The van der Waals surface area contributed by atoms with Crippen LogP contribution >= 0.6 is 0 Å². The lowest BCUT2D eigenvalue weighted by atomic mass is 9.48. The third-order valence-electron chi connectivity index (χ3n) is 9.16. The van der Waals surface area contributed by atoms with Crippen LogP contribution in [0.15, 0.2) is 59.0 Å². The van der Waals surface area contributed by atoms with E-state index in [9.17, 15) is 0 Å².